The van der Waals surface area contributed by atoms with Crippen molar-refractivity contribution in [2.45, 2.75) is 19.5 Å². The average molecular weight is 283 g/mol. The van der Waals surface area contributed by atoms with E-state index in [9.17, 15) is 0 Å². The van der Waals surface area contributed by atoms with Crippen molar-refractivity contribution in [3.63, 3.8) is 0 Å². The van der Waals surface area contributed by atoms with Crippen LogP contribution < -0.4 is 5.73 Å². The Morgan fingerprint density at radius 3 is 2.83 bits per heavy atom. The average Bonchev–Trinajstić information content (AvgIpc) is 2.85. The lowest BCUT2D eigenvalue weighted by molar-refractivity contribution is 0.320. The van der Waals surface area contributed by atoms with Gasteiger partial charge in [-0.2, -0.15) is 0 Å². The topological polar surface area (TPSA) is 29.3 Å². The van der Waals surface area contributed by atoms with Crippen molar-refractivity contribution in [3.05, 3.63) is 35.2 Å². The van der Waals surface area contributed by atoms with E-state index in [0.717, 1.165) is 19.6 Å². The maximum absolute atomic E-state index is 6.07. The van der Waals surface area contributed by atoms with E-state index in [-0.39, 0.29) is 12.4 Å². The maximum Gasteiger partial charge on any atom is 0.0346 e. The first-order chi connectivity index (χ1) is 8.24. The number of rotatable bonds is 2. The molecule has 2 unspecified atom stereocenters. The third-order valence-corrected chi connectivity index (χ3v) is 4.71. The van der Waals surface area contributed by atoms with Crippen LogP contribution in [0.4, 0.5) is 0 Å². The number of benzene rings is 1. The Morgan fingerprint density at radius 2 is 2.11 bits per heavy atom. The number of nitrogens with two attached hydrogens (primary N) is 1. The second-order valence-corrected chi connectivity index (χ2v) is 6.00. The second kappa shape index (κ2) is 5.57. The number of nitrogens with zero attached hydrogens (tertiary/aromatic N) is 1. The zero-order chi connectivity index (χ0) is 11.8. The molecule has 2 N–H and O–H groups in total. The Hall–Kier alpha value is -0.610. The van der Waals surface area contributed by atoms with Crippen LogP contribution in [-0.2, 0) is 6.54 Å². The summed E-state index contributed by atoms with van der Waals surface area (Å²) in [7, 11) is 0. The molecule has 1 aliphatic heterocycles. The maximum atomic E-state index is 6.07. The first-order valence-corrected chi connectivity index (χ1v) is 7.05. The summed E-state index contributed by atoms with van der Waals surface area (Å²) in [5, 5.41) is 3.70. The zero-order valence-corrected chi connectivity index (χ0v) is 12.1. The Balaban J connectivity index is 0.00000120. The summed E-state index contributed by atoms with van der Waals surface area (Å²) < 4.78 is 1.39. The van der Waals surface area contributed by atoms with Gasteiger partial charge < -0.3 is 5.73 Å². The lowest BCUT2D eigenvalue weighted by Gasteiger charge is -2.14. The Kier molecular flexibility index (Phi) is 4.28. The standard InChI is InChI=1S/C14H18N2S.ClH/c1-10-6-16(8-13(10)15)7-11-9-17-14-5-3-2-4-12(11)14;/h2-5,9-10,13H,6-8,15H2,1H3;1H. The van der Waals surface area contributed by atoms with Crippen LogP contribution in [0.3, 0.4) is 0 Å². The van der Waals surface area contributed by atoms with E-state index >= 15 is 0 Å². The van der Waals surface area contributed by atoms with Crippen LogP contribution in [0.25, 0.3) is 10.1 Å². The van der Waals surface area contributed by atoms with Gasteiger partial charge in [0.15, 0.2) is 0 Å². The van der Waals surface area contributed by atoms with E-state index in [2.05, 4.69) is 41.5 Å². The smallest absolute Gasteiger partial charge is 0.0346 e. The molecule has 0 amide bonds. The Morgan fingerprint density at radius 1 is 1.33 bits per heavy atom. The summed E-state index contributed by atoms with van der Waals surface area (Å²) in [5.74, 6) is 0.625. The SMILES string of the molecule is CC1CN(Cc2csc3ccccc23)CC1N.Cl. The Labute approximate surface area is 118 Å². The first-order valence-electron chi connectivity index (χ1n) is 6.17. The highest BCUT2D eigenvalue weighted by molar-refractivity contribution is 7.17. The molecular formula is C14H19ClN2S. The quantitative estimate of drug-likeness (QED) is 0.917. The number of halogens is 1. The molecule has 0 bridgehead atoms. The molecule has 4 heteroatoms. The lowest BCUT2D eigenvalue weighted by Crippen LogP contribution is -2.28. The molecule has 98 valence electrons. The molecule has 2 aromatic rings. The number of hydrogen-bond donors (Lipinski definition) is 1. The van der Waals surface area contributed by atoms with Gasteiger partial charge in [0.25, 0.3) is 0 Å². The van der Waals surface area contributed by atoms with E-state index in [1.165, 1.54) is 15.6 Å². The van der Waals surface area contributed by atoms with Crippen LogP contribution in [0.2, 0.25) is 0 Å². The molecular weight excluding hydrogens is 264 g/mol. The molecule has 3 rings (SSSR count). The largest absolute Gasteiger partial charge is 0.326 e. The summed E-state index contributed by atoms with van der Waals surface area (Å²) in [6, 6.07) is 9.00. The van der Waals surface area contributed by atoms with Crippen molar-refractivity contribution in [3.8, 4) is 0 Å². The molecule has 1 aromatic carbocycles. The van der Waals surface area contributed by atoms with E-state index in [1.54, 1.807) is 0 Å². The van der Waals surface area contributed by atoms with Gasteiger partial charge in [-0.3, -0.25) is 4.90 Å². The van der Waals surface area contributed by atoms with Gasteiger partial charge in [0.05, 0.1) is 0 Å². The summed E-state index contributed by atoms with van der Waals surface area (Å²) in [4.78, 5) is 2.48. The van der Waals surface area contributed by atoms with Crippen LogP contribution in [-0.4, -0.2) is 24.0 Å². The highest BCUT2D eigenvalue weighted by Crippen LogP contribution is 2.28. The normalized spacial score (nSPS) is 24.3. The fourth-order valence-electron chi connectivity index (χ4n) is 2.62. The van der Waals surface area contributed by atoms with Crippen LogP contribution in [0, 0.1) is 5.92 Å². The number of fused-ring (bicyclic) bond motifs is 1. The van der Waals surface area contributed by atoms with E-state index in [1.807, 2.05) is 11.3 Å². The van der Waals surface area contributed by atoms with Crippen LogP contribution in [0.15, 0.2) is 29.6 Å². The van der Waals surface area contributed by atoms with Gasteiger partial charge in [0, 0.05) is 30.4 Å². The van der Waals surface area contributed by atoms with Gasteiger partial charge in [-0.25, -0.2) is 0 Å². The minimum Gasteiger partial charge on any atom is -0.326 e. The summed E-state index contributed by atoms with van der Waals surface area (Å²) in [5.41, 5.74) is 7.52. The summed E-state index contributed by atoms with van der Waals surface area (Å²) in [6.07, 6.45) is 0. The third kappa shape index (κ3) is 2.54. The van der Waals surface area contributed by atoms with E-state index in [0.29, 0.717) is 12.0 Å². The van der Waals surface area contributed by atoms with Gasteiger partial charge in [-0.15, -0.1) is 23.7 Å². The van der Waals surface area contributed by atoms with Gasteiger partial charge in [0.1, 0.15) is 0 Å². The monoisotopic (exact) mass is 282 g/mol. The third-order valence-electron chi connectivity index (χ3n) is 3.70. The van der Waals surface area contributed by atoms with Gasteiger partial charge >= 0.3 is 0 Å². The van der Waals surface area contributed by atoms with Gasteiger partial charge in [-0.05, 0) is 28.3 Å². The van der Waals surface area contributed by atoms with Crippen LogP contribution in [0.5, 0.6) is 0 Å². The molecule has 1 fully saturated rings. The van der Waals surface area contributed by atoms with Crippen molar-refractivity contribution < 1.29 is 0 Å². The van der Waals surface area contributed by atoms with Gasteiger partial charge in [-0.1, -0.05) is 25.1 Å². The van der Waals surface area contributed by atoms with E-state index in [4.69, 9.17) is 5.73 Å². The predicted octanol–water partition coefficient (Wildman–Crippen LogP) is 3.10. The van der Waals surface area contributed by atoms with Crippen LogP contribution in [0.1, 0.15) is 12.5 Å². The summed E-state index contributed by atoms with van der Waals surface area (Å²) >= 11 is 1.84. The molecule has 2 heterocycles. The van der Waals surface area contributed by atoms with Crippen molar-refractivity contribution >= 4 is 33.8 Å². The number of thiophene rings is 1. The fraction of sp³-hybridized carbons (Fsp3) is 0.429. The first kappa shape index (κ1) is 13.8. The van der Waals surface area contributed by atoms with E-state index < -0.39 is 0 Å². The number of hydrogen-bond acceptors (Lipinski definition) is 3. The van der Waals surface area contributed by atoms with Crippen molar-refractivity contribution in [2.75, 3.05) is 13.1 Å². The fourth-order valence-corrected chi connectivity index (χ4v) is 3.57. The highest BCUT2D eigenvalue weighted by Gasteiger charge is 2.26. The Bertz CT molecular complexity index is 515. The molecule has 1 aromatic heterocycles. The lowest BCUT2D eigenvalue weighted by atomic mass is 10.1. The minimum absolute atomic E-state index is 0. The molecule has 0 aliphatic carbocycles. The van der Waals surface area contributed by atoms with Gasteiger partial charge in [0.2, 0.25) is 0 Å². The predicted molar refractivity (Wildman–Crippen MR) is 81.5 cm³/mol. The zero-order valence-electron chi connectivity index (χ0n) is 10.5. The van der Waals surface area contributed by atoms with Crippen molar-refractivity contribution in [2.24, 2.45) is 11.7 Å². The molecule has 0 radical (unpaired) electrons. The molecule has 0 spiro atoms. The summed E-state index contributed by atoms with van der Waals surface area (Å²) in [6.45, 7) is 5.45. The number of likely N-dealkylation sites (tertiary alicyclic amines) is 1. The molecule has 2 nitrogen and oxygen atoms in total. The van der Waals surface area contributed by atoms with Crippen molar-refractivity contribution in [1.29, 1.82) is 0 Å². The molecule has 1 saturated heterocycles. The molecule has 18 heavy (non-hydrogen) atoms. The highest BCUT2D eigenvalue weighted by atomic mass is 35.5. The molecule has 0 saturated carbocycles. The minimum atomic E-state index is 0. The van der Waals surface area contributed by atoms with Crippen molar-refractivity contribution in [1.82, 2.24) is 4.90 Å². The molecule has 2 atom stereocenters. The second-order valence-electron chi connectivity index (χ2n) is 5.09. The van der Waals surface area contributed by atoms with Crippen LogP contribution >= 0.6 is 23.7 Å². The molecule has 1 aliphatic rings.